The molecular weight excluding hydrogens is 255 g/mol. The fourth-order valence-corrected chi connectivity index (χ4v) is 3.25. The van der Waals surface area contributed by atoms with Crippen LogP contribution in [0, 0.1) is 5.82 Å². The van der Waals surface area contributed by atoms with Crippen LogP contribution in [0.5, 0.6) is 5.75 Å². The van der Waals surface area contributed by atoms with Gasteiger partial charge in [-0.25, -0.2) is 4.39 Å². The minimum Gasteiger partial charge on any atom is -0.488 e. The summed E-state index contributed by atoms with van der Waals surface area (Å²) in [4.78, 5) is 2.17. The number of hydrogen-bond acceptors (Lipinski definition) is 3. The van der Waals surface area contributed by atoms with Gasteiger partial charge < -0.3 is 15.4 Å². The number of piperidine rings is 1. The lowest BCUT2D eigenvalue weighted by atomic mass is 10.1. The molecule has 3 nitrogen and oxygen atoms in total. The fourth-order valence-electron chi connectivity index (χ4n) is 3.25. The van der Waals surface area contributed by atoms with Crippen molar-refractivity contribution in [2.24, 2.45) is 5.73 Å². The SMILES string of the molecule is NC1CCCN(c2cc(F)ccc2OC2CCCC2)C1. The first kappa shape index (κ1) is 13.7. The van der Waals surface area contributed by atoms with Crippen molar-refractivity contribution >= 4 is 5.69 Å². The van der Waals surface area contributed by atoms with Gasteiger partial charge in [0.2, 0.25) is 0 Å². The maximum atomic E-state index is 13.6. The van der Waals surface area contributed by atoms with Crippen LogP contribution in [0.4, 0.5) is 10.1 Å². The number of ether oxygens (including phenoxy) is 1. The summed E-state index contributed by atoms with van der Waals surface area (Å²) in [6.45, 7) is 1.71. The molecule has 2 aliphatic rings. The predicted octanol–water partition coefficient (Wildman–Crippen LogP) is 3.07. The van der Waals surface area contributed by atoms with Crippen LogP contribution in [-0.4, -0.2) is 25.2 Å². The molecule has 2 fully saturated rings. The van der Waals surface area contributed by atoms with Crippen LogP contribution >= 0.6 is 0 Å². The van der Waals surface area contributed by atoms with Gasteiger partial charge >= 0.3 is 0 Å². The summed E-state index contributed by atoms with van der Waals surface area (Å²) in [5, 5.41) is 0. The minimum atomic E-state index is -0.210. The van der Waals surface area contributed by atoms with Crippen molar-refractivity contribution in [2.75, 3.05) is 18.0 Å². The molecule has 1 saturated carbocycles. The van der Waals surface area contributed by atoms with E-state index in [1.165, 1.54) is 18.9 Å². The largest absolute Gasteiger partial charge is 0.488 e. The monoisotopic (exact) mass is 278 g/mol. The Hall–Kier alpha value is -1.29. The van der Waals surface area contributed by atoms with E-state index < -0.39 is 0 Å². The van der Waals surface area contributed by atoms with Crippen LogP contribution in [0.2, 0.25) is 0 Å². The van der Waals surface area contributed by atoms with Gasteiger partial charge in [0.25, 0.3) is 0 Å². The standard InChI is InChI=1S/C16H23FN2O/c17-12-7-8-16(20-14-5-1-2-6-14)15(10-12)19-9-3-4-13(18)11-19/h7-8,10,13-14H,1-6,9,11,18H2. The normalized spacial score (nSPS) is 24.1. The van der Waals surface area contributed by atoms with Crippen LogP contribution in [0.25, 0.3) is 0 Å². The first-order chi connectivity index (χ1) is 9.72. The molecule has 0 bridgehead atoms. The zero-order valence-electron chi connectivity index (χ0n) is 11.9. The molecule has 1 aliphatic heterocycles. The number of halogens is 1. The average Bonchev–Trinajstić information content (AvgIpc) is 2.94. The second-order valence-corrected chi connectivity index (χ2v) is 5.98. The molecule has 0 radical (unpaired) electrons. The number of rotatable bonds is 3. The van der Waals surface area contributed by atoms with Gasteiger partial charge in [0, 0.05) is 25.2 Å². The summed E-state index contributed by atoms with van der Waals surface area (Å²) in [6, 6.07) is 5.01. The van der Waals surface area contributed by atoms with Gasteiger partial charge in [-0.15, -0.1) is 0 Å². The molecular formula is C16H23FN2O. The molecule has 1 heterocycles. The molecule has 1 unspecified atom stereocenters. The molecule has 3 rings (SSSR count). The van der Waals surface area contributed by atoms with Gasteiger partial charge in [-0.2, -0.15) is 0 Å². The quantitative estimate of drug-likeness (QED) is 0.923. The number of nitrogens with two attached hydrogens (primary N) is 1. The maximum absolute atomic E-state index is 13.6. The zero-order chi connectivity index (χ0) is 13.9. The fraction of sp³-hybridized carbons (Fsp3) is 0.625. The molecule has 0 spiro atoms. The molecule has 1 aliphatic carbocycles. The van der Waals surface area contributed by atoms with Gasteiger partial charge in [-0.05, 0) is 50.7 Å². The summed E-state index contributed by atoms with van der Waals surface area (Å²) in [5.74, 6) is 0.602. The molecule has 20 heavy (non-hydrogen) atoms. The number of benzene rings is 1. The average molecular weight is 278 g/mol. The van der Waals surface area contributed by atoms with Crippen molar-refractivity contribution in [2.45, 2.75) is 50.7 Å². The molecule has 1 saturated heterocycles. The van der Waals surface area contributed by atoms with Gasteiger partial charge in [0.1, 0.15) is 11.6 Å². The van der Waals surface area contributed by atoms with Crippen LogP contribution in [0.3, 0.4) is 0 Å². The Balaban J connectivity index is 1.81. The van der Waals surface area contributed by atoms with Crippen LogP contribution in [0.1, 0.15) is 38.5 Å². The third kappa shape index (κ3) is 3.06. The highest BCUT2D eigenvalue weighted by Crippen LogP contribution is 2.34. The predicted molar refractivity (Wildman–Crippen MR) is 78.7 cm³/mol. The van der Waals surface area contributed by atoms with Crippen molar-refractivity contribution in [3.05, 3.63) is 24.0 Å². The van der Waals surface area contributed by atoms with Crippen molar-refractivity contribution in [1.29, 1.82) is 0 Å². The van der Waals surface area contributed by atoms with E-state index in [9.17, 15) is 4.39 Å². The summed E-state index contributed by atoms with van der Waals surface area (Å²) in [6.07, 6.45) is 7.07. The highest BCUT2D eigenvalue weighted by atomic mass is 19.1. The Labute approximate surface area is 119 Å². The van der Waals surface area contributed by atoms with Gasteiger partial charge in [0.05, 0.1) is 11.8 Å². The Bertz CT molecular complexity index is 460. The Morgan fingerprint density at radius 2 is 1.95 bits per heavy atom. The summed E-state index contributed by atoms with van der Waals surface area (Å²) < 4.78 is 19.7. The van der Waals surface area contributed by atoms with Crippen LogP contribution < -0.4 is 15.4 Å². The van der Waals surface area contributed by atoms with Crippen LogP contribution in [0.15, 0.2) is 18.2 Å². The maximum Gasteiger partial charge on any atom is 0.143 e. The van der Waals surface area contributed by atoms with E-state index in [-0.39, 0.29) is 18.0 Å². The minimum absolute atomic E-state index is 0.173. The third-order valence-electron chi connectivity index (χ3n) is 4.32. The lowest BCUT2D eigenvalue weighted by Crippen LogP contribution is -2.43. The van der Waals surface area contributed by atoms with E-state index in [1.54, 1.807) is 12.1 Å². The smallest absolute Gasteiger partial charge is 0.143 e. The molecule has 1 aromatic rings. The molecule has 0 aromatic heterocycles. The van der Waals surface area contributed by atoms with Crippen molar-refractivity contribution in [3.63, 3.8) is 0 Å². The number of hydrogen-bond donors (Lipinski definition) is 1. The Morgan fingerprint density at radius 1 is 1.15 bits per heavy atom. The number of nitrogens with zero attached hydrogens (tertiary/aromatic N) is 1. The summed E-state index contributed by atoms with van der Waals surface area (Å²) in [5.41, 5.74) is 6.91. The second-order valence-electron chi connectivity index (χ2n) is 5.98. The molecule has 110 valence electrons. The lowest BCUT2D eigenvalue weighted by molar-refractivity contribution is 0.210. The summed E-state index contributed by atoms with van der Waals surface area (Å²) >= 11 is 0. The lowest BCUT2D eigenvalue weighted by Gasteiger charge is -2.34. The van der Waals surface area contributed by atoms with Crippen molar-refractivity contribution in [1.82, 2.24) is 0 Å². The zero-order valence-corrected chi connectivity index (χ0v) is 11.9. The Morgan fingerprint density at radius 3 is 2.70 bits per heavy atom. The van der Waals surface area contributed by atoms with Gasteiger partial charge in [-0.1, -0.05) is 0 Å². The molecule has 1 atom stereocenters. The van der Waals surface area contributed by atoms with E-state index in [1.807, 2.05) is 0 Å². The van der Waals surface area contributed by atoms with Gasteiger partial charge in [-0.3, -0.25) is 0 Å². The topological polar surface area (TPSA) is 38.5 Å². The van der Waals surface area contributed by atoms with Crippen molar-refractivity contribution < 1.29 is 9.13 Å². The molecule has 2 N–H and O–H groups in total. The van der Waals surface area contributed by atoms with Crippen LogP contribution in [-0.2, 0) is 0 Å². The van der Waals surface area contributed by atoms with Crippen molar-refractivity contribution in [3.8, 4) is 5.75 Å². The van der Waals surface area contributed by atoms with E-state index in [2.05, 4.69) is 4.90 Å². The van der Waals surface area contributed by atoms with E-state index in [0.29, 0.717) is 0 Å². The summed E-state index contributed by atoms with van der Waals surface area (Å²) in [7, 11) is 0. The van der Waals surface area contributed by atoms with E-state index >= 15 is 0 Å². The van der Waals surface area contributed by atoms with E-state index in [0.717, 1.165) is 50.2 Å². The Kier molecular flexibility index (Phi) is 4.10. The molecule has 4 heteroatoms. The highest BCUT2D eigenvalue weighted by Gasteiger charge is 2.23. The molecule has 1 aromatic carbocycles. The highest BCUT2D eigenvalue weighted by molar-refractivity contribution is 5.59. The number of anilines is 1. The third-order valence-corrected chi connectivity index (χ3v) is 4.32. The first-order valence-electron chi connectivity index (χ1n) is 7.69. The first-order valence-corrected chi connectivity index (χ1v) is 7.69. The van der Waals surface area contributed by atoms with Gasteiger partial charge in [0.15, 0.2) is 0 Å². The second kappa shape index (κ2) is 6.00. The molecule has 0 amide bonds. The van der Waals surface area contributed by atoms with E-state index in [4.69, 9.17) is 10.5 Å².